The number of rotatable bonds is 10. The summed E-state index contributed by atoms with van der Waals surface area (Å²) in [7, 11) is 0. The Morgan fingerprint density at radius 2 is 1.96 bits per heavy atom. The minimum absolute atomic E-state index is 0.0414. The molecule has 2 rings (SSSR count). The highest BCUT2D eigenvalue weighted by atomic mass is 16.5. The molecule has 0 radical (unpaired) electrons. The van der Waals surface area contributed by atoms with Crippen molar-refractivity contribution >= 4 is 17.5 Å². The Labute approximate surface area is 147 Å². The molecule has 2 amide bonds. The van der Waals surface area contributed by atoms with E-state index in [-0.39, 0.29) is 44.5 Å². The number of benzene rings is 1. The zero-order chi connectivity index (χ0) is 18.2. The van der Waals surface area contributed by atoms with Gasteiger partial charge in [0.2, 0.25) is 5.91 Å². The van der Waals surface area contributed by atoms with E-state index >= 15 is 0 Å². The third kappa shape index (κ3) is 4.78. The number of anilines is 1. The standard InChI is InChI=1S/C18H26N2O5/c1-2-3-11-25-15-6-4-5-14(12-15)20-17(23)13-16(18(20)24)19(7-9-21)8-10-22/h4-6,12,16,21-22H,2-3,7-11,13H2,1H3. The Hall–Kier alpha value is -1.96. The summed E-state index contributed by atoms with van der Waals surface area (Å²) in [6, 6.07) is 6.29. The molecule has 7 heteroatoms. The monoisotopic (exact) mass is 350 g/mol. The summed E-state index contributed by atoms with van der Waals surface area (Å²) in [5, 5.41) is 18.3. The summed E-state index contributed by atoms with van der Waals surface area (Å²) in [5.74, 6) is -0.00299. The third-order valence-electron chi connectivity index (χ3n) is 4.18. The number of imide groups is 1. The van der Waals surface area contributed by atoms with Gasteiger partial charge >= 0.3 is 0 Å². The molecule has 1 fully saturated rings. The fourth-order valence-electron chi connectivity index (χ4n) is 2.90. The van der Waals surface area contributed by atoms with Crippen molar-refractivity contribution < 1.29 is 24.5 Å². The normalized spacial score (nSPS) is 17.6. The molecule has 1 heterocycles. The lowest BCUT2D eigenvalue weighted by molar-refractivity contribution is -0.123. The average molecular weight is 350 g/mol. The Bertz CT molecular complexity index is 587. The van der Waals surface area contributed by atoms with Gasteiger partial charge in [-0.2, -0.15) is 0 Å². The highest BCUT2D eigenvalue weighted by molar-refractivity contribution is 6.22. The highest BCUT2D eigenvalue weighted by Crippen LogP contribution is 2.28. The van der Waals surface area contributed by atoms with Gasteiger partial charge in [0, 0.05) is 19.2 Å². The first-order valence-electron chi connectivity index (χ1n) is 8.67. The topological polar surface area (TPSA) is 90.3 Å². The molecule has 0 aliphatic carbocycles. The summed E-state index contributed by atoms with van der Waals surface area (Å²) < 4.78 is 5.64. The van der Waals surface area contributed by atoms with Crippen molar-refractivity contribution in [2.75, 3.05) is 37.8 Å². The third-order valence-corrected chi connectivity index (χ3v) is 4.18. The number of aliphatic hydroxyl groups excluding tert-OH is 2. The predicted octanol–water partition coefficient (Wildman–Crippen LogP) is 0.784. The van der Waals surface area contributed by atoms with Crippen LogP contribution in [0.3, 0.4) is 0 Å². The van der Waals surface area contributed by atoms with Gasteiger partial charge in [-0.3, -0.25) is 14.5 Å². The number of carbonyl (C=O) groups excluding carboxylic acids is 2. The first kappa shape index (κ1) is 19.4. The second-order valence-electron chi connectivity index (χ2n) is 5.97. The van der Waals surface area contributed by atoms with Gasteiger partial charge < -0.3 is 14.9 Å². The number of unbranched alkanes of at least 4 members (excludes halogenated alkanes) is 1. The van der Waals surface area contributed by atoms with Crippen molar-refractivity contribution in [1.82, 2.24) is 4.90 Å². The van der Waals surface area contributed by atoms with Gasteiger partial charge in [-0.15, -0.1) is 0 Å². The van der Waals surface area contributed by atoms with E-state index in [1.165, 1.54) is 4.90 Å². The number of hydrogen-bond donors (Lipinski definition) is 2. The van der Waals surface area contributed by atoms with E-state index in [0.29, 0.717) is 18.0 Å². The molecule has 0 aromatic heterocycles. The number of hydrogen-bond acceptors (Lipinski definition) is 6. The Morgan fingerprint density at radius 3 is 2.60 bits per heavy atom. The Kier molecular flexibility index (Phi) is 7.36. The van der Waals surface area contributed by atoms with Crippen LogP contribution in [0.5, 0.6) is 5.75 Å². The molecule has 0 bridgehead atoms. The van der Waals surface area contributed by atoms with E-state index in [9.17, 15) is 9.59 Å². The van der Waals surface area contributed by atoms with Crippen LogP contribution in [-0.2, 0) is 9.59 Å². The largest absolute Gasteiger partial charge is 0.494 e. The summed E-state index contributed by atoms with van der Waals surface area (Å²) in [6.45, 7) is 2.85. The maximum atomic E-state index is 12.7. The van der Waals surface area contributed by atoms with Crippen LogP contribution in [0.15, 0.2) is 24.3 Å². The van der Waals surface area contributed by atoms with Crippen LogP contribution >= 0.6 is 0 Å². The Morgan fingerprint density at radius 1 is 1.24 bits per heavy atom. The molecule has 1 saturated heterocycles. The molecule has 2 N–H and O–H groups in total. The maximum absolute atomic E-state index is 12.7. The van der Waals surface area contributed by atoms with Crippen LogP contribution in [0.25, 0.3) is 0 Å². The molecule has 0 spiro atoms. The molecule has 1 aliphatic rings. The van der Waals surface area contributed by atoms with Gasteiger partial charge in [-0.05, 0) is 18.6 Å². The molecule has 1 aliphatic heterocycles. The van der Waals surface area contributed by atoms with E-state index < -0.39 is 6.04 Å². The van der Waals surface area contributed by atoms with Gasteiger partial charge in [-0.1, -0.05) is 19.4 Å². The van der Waals surface area contributed by atoms with Crippen molar-refractivity contribution in [2.45, 2.75) is 32.2 Å². The molecule has 25 heavy (non-hydrogen) atoms. The minimum Gasteiger partial charge on any atom is -0.494 e. The van der Waals surface area contributed by atoms with Crippen LogP contribution in [-0.4, -0.2) is 65.9 Å². The zero-order valence-corrected chi connectivity index (χ0v) is 14.6. The van der Waals surface area contributed by atoms with Crippen LogP contribution in [0.1, 0.15) is 26.2 Å². The lowest BCUT2D eigenvalue weighted by Crippen LogP contribution is -2.44. The lowest BCUT2D eigenvalue weighted by Gasteiger charge is -2.25. The SMILES string of the molecule is CCCCOc1cccc(N2C(=O)CC(N(CCO)CCO)C2=O)c1. The number of nitrogens with zero attached hydrogens (tertiary/aromatic N) is 2. The molecule has 7 nitrogen and oxygen atoms in total. The number of amides is 2. The molecule has 1 aromatic carbocycles. The number of aliphatic hydroxyl groups is 2. The summed E-state index contributed by atoms with van der Waals surface area (Å²) in [6.07, 6.45) is 2.00. The van der Waals surface area contributed by atoms with Crippen molar-refractivity contribution in [1.29, 1.82) is 0 Å². The van der Waals surface area contributed by atoms with E-state index in [1.807, 2.05) is 0 Å². The lowest BCUT2D eigenvalue weighted by atomic mass is 10.2. The van der Waals surface area contributed by atoms with E-state index in [2.05, 4.69) is 6.92 Å². The van der Waals surface area contributed by atoms with Crippen molar-refractivity contribution in [3.05, 3.63) is 24.3 Å². The first-order chi connectivity index (χ1) is 12.1. The van der Waals surface area contributed by atoms with Crippen LogP contribution in [0.4, 0.5) is 5.69 Å². The van der Waals surface area contributed by atoms with E-state index in [0.717, 1.165) is 12.8 Å². The van der Waals surface area contributed by atoms with Crippen LogP contribution < -0.4 is 9.64 Å². The molecule has 1 aromatic rings. The fraction of sp³-hybridized carbons (Fsp3) is 0.556. The molecular weight excluding hydrogens is 324 g/mol. The van der Waals surface area contributed by atoms with Gasteiger partial charge in [0.1, 0.15) is 5.75 Å². The van der Waals surface area contributed by atoms with Crippen molar-refractivity contribution in [2.24, 2.45) is 0 Å². The molecule has 1 atom stereocenters. The van der Waals surface area contributed by atoms with Crippen LogP contribution in [0.2, 0.25) is 0 Å². The van der Waals surface area contributed by atoms with Crippen molar-refractivity contribution in [3.63, 3.8) is 0 Å². The second-order valence-corrected chi connectivity index (χ2v) is 5.97. The summed E-state index contributed by atoms with van der Waals surface area (Å²) in [5.41, 5.74) is 0.486. The number of carbonyl (C=O) groups is 2. The van der Waals surface area contributed by atoms with Gasteiger partial charge in [-0.25, -0.2) is 4.90 Å². The summed E-state index contributed by atoms with van der Waals surface area (Å²) in [4.78, 5) is 27.9. The quantitative estimate of drug-likeness (QED) is 0.479. The van der Waals surface area contributed by atoms with Gasteiger partial charge in [0.05, 0.1) is 38.0 Å². The minimum atomic E-state index is -0.656. The molecule has 0 saturated carbocycles. The smallest absolute Gasteiger partial charge is 0.251 e. The Balaban J connectivity index is 2.15. The van der Waals surface area contributed by atoms with E-state index in [1.54, 1.807) is 29.2 Å². The molecule has 1 unspecified atom stereocenters. The predicted molar refractivity (Wildman–Crippen MR) is 93.5 cm³/mol. The highest BCUT2D eigenvalue weighted by Gasteiger charge is 2.42. The summed E-state index contributed by atoms with van der Waals surface area (Å²) >= 11 is 0. The van der Waals surface area contributed by atoms with Crippen LogP contribution in [0, 0.1) is 0 Å². The maximum Gasteiger partial charge on any atom is 0.251 e. The number of ether oxygens (including phenoxy) is 1. The first-order valence-corrected chi connectivity index (χ1v) is 8.67. The second kappa shape index (κ2) is 9.50. The van der Waals surface area contributed by atoms with Crippen molar-refractivity contribution in [3.8, 4) is 5.75 Å². The van der Waals surface area contributed by atoms with E-state index in [4.69, 9.17) is 14.9 Å². The van der Waals surface area contributed by atoms with Gasteiger partial charge in [0.25, 0.3) is 5.91 Å². The molecule has 138 valence electrons. The average Bonchev–Trinajstić information content (AvgIpc) is 2.90. The zero-order valence-electron chi connectivity index (χ0n) is 14.6. The fourth-order valence-corrected chi connectivity index (χ4v) is 2.90. The van der Waals surface area contributed by atoms with Gasteiger partial charge in [0.15, 0.2) is 0 Å². The molecular formula is C18H26N2O5.